The van der Waals surface area contributed by atoms with Crippen molar-refractivity contribution in [3.8, 4) is 0 Å². The Morgan fingerprint density at radius 2 is 0.527 bits per heavy atom. The van der Waals surface area contributed by atoms with Crippen molar-refractivity contribution >= 4 is 39.5 Å². The normalized spacial score (nSPS) is 14.5. The Labute approximate surface area is 556 Å². The fraction of sp³-hybridized carbons (Fsp3) is 0.944. The van der Waals surface area contributed by atoms with Crippen molar-refractivity contribution in [2.45, 2.75) is 375 Å². The lowest BCUT2D eigenvalue weighted by Crippen LogP contribution is -2.30. The van der Waals surface area contributed by atoms with E-state index in [0.29, 0.717) is 25.7 Å². The Morgan fingerprint density at radius 1 is 0.308 bits per heavy atom. The van der Waals surface area contributed by atoms with E-state index in [1.165, 1.54) is 154 Å². The molecule has 6 atom stereocenters. The minimum atomic E-state index is -4.95. The van der Waals surface area contributed by atoms with Crippen LogP contribution in [0.25, 0.3) is 0 Å². The number of phosphoric acid groups is 2. The molecule has 0 aliphatic carbocycles. The number of aliphatic hydroxyl groups is 1. The predicted octanol–water partition coefficient (Wildman–Crippen LogP) is 20.5. The van der Waals surface area contributed by atoms with Gasteiger partial charge in [-0.25, -0.2) is 9.13 Å². The molecule has 3 N–H and O–H groups in total. The summed E-state index contributed by atoms with van der Waals surface area (Å²) in [5.41, 5.74) is 0. The van der Waals surface area contributed by atoms with Crippen molar-refractivity contribution in [3.05, 3.63) is 0 Å². The molecule has 3 unspecified atom stereocenters. The molecule has 0 aliphatic rings. The van der Waals surface area contributed by atoms with E-state index in [9.17, 15) is 43.2 Å². The number of ether oxygens (including phenoxy) is 4. The predicted molar refractivity (Wildman–Crippen MR) is 367 cm³/mol. The van der Waals surface area contributed by atoms with Crippen LogP contribution in [0.1, 0.15) is 357 Å². The first-order valence-corrected chi connectivity index (χ1v) is 40.2. The SMILES string of the molecule is CCC(C)CCCCCCCCC(=O)OC[C@H](COP(=O)(O)OC[C@H](O)COP(=O)(O)OC[C@@H](COC(=O)CCCCCCCCCCCC(C)C)OC(=O)CCCCCCCCCCCCCCC(C)C)OC(=O)CCCCCCCCCCCCCC(C)C. The zero-order valence-corrected chi connectivity index (χ0v) is 61.3. The summed E-state index contributed by atoms with van der Waals surface area (Å²) in [7, 11) is -9.91. The van der Waals surface area contributed by atoms with Gasteiger partial charge in [0.2, 0.25) is 0 Å². The summed E-state index contributed by atoms with van der Waals surface area (Å²) in [5.74, 6) is 0.890. The van der Waals surface area contributed by atoms with Crippen molar-refractivity contribution in [1.29, 1.82) is 0 Å². The van der Waals surface area contributed by atoms with Gasteiger partial charge in [0.25, 0.3) is 0 Å². The van der Waals surface area contributed by atoms with Crippen LogP contribution in [0.5, 0.6) is 0 Å². The average Bonchev–Trinajstić information content (AvgIpc) is 3.16. The van der Waals surface area contributed by atoms with Crippen LogP contribution in [0.4, 0.5) is 0 Å². The number of hydrogen-bond acceptors (Lipinski definition) is 15. The molecule has 0 fully saturated rings. The Balaban J connectivity index is 5.26. The van der Waals surface area contributed by atoms with Gasteiger partial charge in [0.05, 0.1) is 26.4 Å². The van der Waals surface area contributed by atoms with E-state index in [2.05, 4.69) is 55.4 Å². The first kappa shape index (κ1) is 89.1. The van der Waals surface area contributed by atoms with E-state index in [-0.39, 0.29) is 25.7 Å². The van der Waals surface area contributed by atoms with Crippen molar-refractivity contribution < 1.29 is 80.2 Å². The molecule has 0 spiro atoms. The Morgan fingerprint density at radius 3 is 0.780 bits per heavy atom. The third-order valence-electron chi connectivity index (χ3n) is 16.9. The van der Waals surface area contributed by atoms with Gasteiger partial charge in [-0.15, -0.1) is 0 Å². The Kier molecular flexibility index (Phi) is 60.3. The van der Waals surface area contributed by atoms with Gasteiger partial charge in [0.15, 0.2) is 12.2 Å². The molecule has 0 saturated heterocycles. The van der Waals surface area contributed by atoms with E-state index < -0.39 is 97.5 Å². The number of esters is 4. The molecule has 91 heavy (non-hydrogen) atoms. The summed E-state index contributed by atoms with van der Waals surface area (Å²) in [6, 6.07) is 0. The van der Waals surface area contributed by atoms with Crippen molar-refractivity contribution in [3.63, 3.8) is 0 Å². The molecule has 540 valence electrons. The van der Waals surface area contributed by atoms with Gasteiger partial charge in [-0.3, -0.25) is 37.3 Å². The monoisotopic (exact) mass is 1340 g/mol. The quantitative estimate of drug-likeness (QED) is 0.0222. The smallest absolute Gasteiger partial charge is 0.462 e. The molecule has 19 heteroatoms. The van der Waals surface area contributed by atoms with Gasteiger partial charge < -0.3 is 33.8 Å². The maximum atomic E-state index is 13.0. The summed E-state index contributed by atoms with van der Waals surface area (Å²) in [4.78, 5) is 72.6. The second kappa shape index (κ2) is 61.6. The van der Waals surface area contributed by atoms with Crippen LogP contribution in [0.2, 0.25) is 0 Å². The third kappa shape index (κ3) is 65.1. The number of carbonyl (C=O) groups excluding carboxylic acids is 4. The standard InChI is InChI=1S/C72H140O17P2/c1-9-65(8)51-43-35-30-31-37-45-53-70(75)83-59-68(89-72(77)55-47-39-29-22-16-12-14-19-25-33-41-49-63(4)5)61-87-91(80,81)85-57-66(73)56-84-90(78,79)86-60-67(58-82-69(74)52-44-36-27-23-17-20-26-34-42-50-64(6)7)88-71(76)54-46-38-28-21-15-11-10-13-18-24-32-40-48-62(2)3/h62-68,73H,9-61H2,1-8H3,(H,78,79)(H,80,81)/t65?,66-,67-,68-/m1/s1. The fourth-order valence-corrected chi connectivity index (χ4v) is 12.4. The lowest BCUT2D eigenvalue weighted by Gasteiger charge is -2.21. The highest BCUT2D eigenvalue weighted by atomic mass is 31.2. The third-order valence-corrected chi connectivity index (χ3v) is 18.8. The van der Waals surface area contributed by atoms with Gasteiger partial charge in [0.1, 0.15) is 19.3 Å². The van der Waals surface area contributed by atoms with Crippen molar-refractivity contribution in [2.24, 2.45) is 23.7 Å². The molecule has 0 aromatic heterocycles. The van der Waals surface area contributed by atoms with E-state index >= 15 is 0 Å². The minimum absolute atomic E-state index is 0.105. The molecule has 0 aliphatic heterocycles. The number of rotatable bonds is 69. The van der Waals surface area contributed by atoms with E-state index in [0.717, 1.165) is 120 Å². The van der Waals surface area contributed by atoms with Crippen LogP contribution in [0.3, 0.4) is 0 Å². The van der Waals surface area contributed by atoms with Crippen molar-refractivity contribution in [2.75, 3.05) is 39.6 Å². The maximum absolute atomic E-state index is 13.0. The highest BCUT2D eigenvalue weighted by Gasteiger charge is 2.30. The summed E-state index contributed by atoms with van der Waals surface area (Å²) in [6.07, 6.45) is 44.4. The van der Waals surface area contributed by atoms with Crippen LogP contribution in [0.15, 0.2) is 0 Å². The molecule has 0 radical (unpaired) electrons. The molecule has 17 nitrogen and oxygen atoms in total. The van der Waals surface area contributed by atoms with Crippen LogP contribution in [0, 0.1) is 23.7 Å². The van der Waals surface area contributed by atoms with Crippen LogP contribution in [-0.4, -0.2) is 96.7 Å². The number of phosphoric ester groups is 2. The van der Waals surface area contributed by atoms with Gasteiger partial charge >= 0.3 is 39.5 Å². The Bertz CT molecular complexity index is 1800. The van der Waals surface area contributed by atoms with Gasteiger partial charge in [-0.05, 0) is 49.4 Å². The minimum Gasteiger partial charge on any atom is -0.462 e. The first-order chi connectivity index (χ1) is 43.6. The number of carbonyl (C=O) groups is 4. The zero-order chi connectivity index (χ0) is 67.5. The summed E-state index contributed by atoms with van der Waals surface area (Å²) in [6.45, 7) is 14.1. The molecule has 0 bridgehead atoms. The van der Waals surface area contributed by atoms with E-state index in [4.69, 9.17) is 37.0 Å². The maximum Gasteiger partial charge on any atom is 0.472 e. The molecule has 0 aromatic carbocycles. The topological polar surface area (TPSA) is 237 Å². The van der Waals surface area contributed by atoms with Gasteiger partial charge in [-0.2, -0.15) is 0 Å². The largest absolute Gasteiger partial charge is 0.472 e. The lowest BCUT2D eigenvalue weighted by atomic mass is 10.00. The van der Waals surface area contributed by atoms with Crippen LogP contribution < -0.4 is 0 Å². The molecule has 0 saturated carbocycles. The van der Waals surface area contributed by atoms with Gasteiger partial charge in [0, 0.05) is 25.7 Å². The number of unbranched alkanes of at least 4 members (excludes halogenated alkanes) is 34. The van der Waals surface area contributed by atoms with Crippen LogP contribution >= 0.6 is 15.6 Å². The summed E-state index contributed by atoms with van der Waals surface area (Å²) in [5, 5.41) is 10.6. The zero-order valence-electron chi connectivity index (χ0n) is 59.5. The fourth-order valence-electron chi connectivity index (χ4n) is 10.8. The van der Waals surface area contributed by atoms with Crippen LogP contribution in [-0.2, 0) is 65.4 Å². The molecule has 0 amide bonds. The highest BCUT2D eigenvalue weighted by molar-refractivity contribution is 7.47. The highest BCUT2D eigenvalue weighted by Crippen LogP contribution is 2.45. The summed E-state index contributed by atoms with van der Waals surface area (Å²) >= 11 is 0. The summed E-state index contributed by atoms with van der Waals surface area (Å²) < 4.78 is 68.4. The first-order valence-electron chi connectivity index (χ1n) is 37.2. The number of hydrogen-bond donors (Lipinski definition) is 3. The lowest BCUT2D eigenvalue weighted by molar-refractivity contribution is -0.161. The van der Waals surface area contributed by atoms with E-state index in [1.807, 2.05) is 0 Å². The second-order valence-electron chi connectivity index (χ2n) is 27.6. The van der Waals surface area contributed by atoms with E-state index in [1.54, 1.807) is 0 Å². The second-order valence-corrected chi connectivity index (χ2v) is 30.6. The number of aliphatic hydroxyl groups excluding tert-OH is 1. The van der Waals surface area contributed by atoms with Crippen molar-refractivity contribution in [1.82, 2.24) is 0 Å². The molecule has 0 aromatic rings. The average molecular weight is 1340 g/mol. The molecule has 0 heterocycles. The Hall–Kier alpha value is -1.94. The van der Waals surface area contributed by atoms with Gasteiger partial charge in [-0.1, -0.05) is 306 Å². The molecular formula is C72H140O17P2. The molecular weight excluding hydrogens is 1200 g/mol. The molecule has 0 rings (SSSR count).